The highest BCUT2D eigenvalue weighted by Gasteiger charge is 2.23. The fourth-order valence-electron chi connectivity index (χ4n) is 3.55. The Balaban J connectivity index is 0.00000289. The van der Waals surface area contributed by atoms with Gasteiger partial charge in [0.25, 0.3) is 5.91 Å². The van der Waals surface area contributed by atoms with E-state index >= 15 is 0 Å². The van der Waals surface area contributed by atoms with Crippen LogP contribution in [0.5, 0.6) is 17.2 Å². The van der Waals surface area contributed by atoms with Crippen LogP contribution in [0, 0.1) is 0 Å². The molecule has 0 atom stereocenters. The maximum absolute atomic E-state index is 13.5. The molecule has 1 aromatic heterocycles. The van der Waals surface area contributed by atoms with Crippen LogP contribution in [0.25, 0.3) is 10.2 Å². The van der Waals surface area contributed by atoms with Gasteiger partial charge in [-0.2, -0.15) is 0 Å². The highest BCUT2D eigenvalue weighted by Crippen LogP contribution is 2.39. The molecule has 2 heterocycles. The van der Waals surface area contributed by atoms with Crippen molar-refractivity contribution in [2.75, 3.05) is 51.4 Å². The number of fused-ring (bicyclic) bond motifs is 2. The van der Waals surface area contributed by atoms with E-state index in [-0.39, 0.29) is 18.3 Å². The van der Waals surface area contributed by atoms with Crippen molar-refractivity contribution < 1.29 is 19.0 Å². The van der Waals surface area contributed by atoms with Gasteiger partial charge >= 0.3 is 0 Å². The third kappa shape index (κ3) is 5.09. The average molecular weight is 478 g/mol. The van der Waals surface area contributed by atoms with Crippen molar-refractivity contribution >= 4 is 45.0 Å². The van der Waals surface area contributed by atoms with Crippen molar-refractivity contribution in [3.8, 4) is 17.2 Å². The SMILES string of the molecule is CCN(CC)CCN(C(=O)c1cccc(OC)c1)c1nc2cc3c(cc2s1)OCCO3.Cl. The molecule has 3 aromatic rings. The molecule has 0 unspecified atom stereocenters. The van der Waals surface area contributed by atoms with Crippen LogP contribution in [-0.2, 0) is 0 Å². The number of rotatable bonds is 8. The first kappa shape index (κ1) is 24.1. The number of ether oxygens (including phenoxy) is 3. The molecule has 0 radical (unpaired) electrons. The number of aromatic nitrogens is 1. The van der Waals surface area contributed by atoms with Gasteiger partial charge in [0.1, 0.15) is 19.0 Å². The van der Waals surface area contributed by atoms with Gasteiger partial charge in [-0.25, -0.2) is 4.98 Å². The largest absolute Gasteiger partial charge is 0.497 e. The summed E-state index contributed by atoms with van der Waals surface area (Å²) in [5.74, 6) is 1.98. The van der Waals surface area contributed by atoms with Gasteiger partial charge in [0.05, 0.1) is 17.3 Å². The van der Waals surface area contributed by atoms with Crippen LogP contribution in [0.4, 0.5) is 5.13 Å². The lowest BCUT2D eigenvalue weighted by Gasteiger charge is -2.24. The highest BCUT2D eigenvalue weighted by atomic mass is 35.5. The Labute approximate surface area is 198 Å². The second-order valence-corrected chi connectivity index (χ2v) is 8.18. The smallest absolute Gasteiger partial charge is 0.260 e. The van der Waals surface area contributed by atoms with E-state index in [4.69, 9.17) is 19.2 Å². The third-order valence-corrected chi connectivity index (χ3v) is 6.41. The number of thiazole rings is 1. The first-order valence-electron chi connectivity index (χ1n) is 10.5. The summed E-state index contributed by atoms with van der Waals surface area (Å²) in [6.07, 6.45) is 0. The quantitative estimate of drug-likeness (QED) is 0.476. The maximum atomic E-state index is 13.5. The van der Waals surface area contributed by atoms with Crippen LogP contribution < -0.4 is 19.1 Å². The average Bonchev–Trinajstić information content (AvgIpc) is 3.22. The summed E-state index contributed by atoms with van der Waals surface area (Å²) in [7, 11) is 1.60. The molecule has 9 heteroatoms. The van der Waals surface area contributed by atoms with Crippen molar-refractivity contribution in [2.45, 2.75) is 13.8 Å². The topological polar surface area (TPSA) is 64.1 Å². The highest BCUT2D eigenvalue weighted by molar-refractivity contribution is 7.22. The summed E-state index contributed by atoms with van der Waals surface area (Å²) >= 11 is 1.49. The van der Waals surface area contributed by atoms with E-state index < -0.39 is 0 Å². The molecule has 1 amide bonds. The molecular weight excluding hydrogens is 450 g/mol. The van der Waals surface area contributed by atoms with Crippen molar-refractivity contribution in [1.29, 1.82) is 0 Å². The van der Waals surface area contributed by atoms with Crippen molar-refractivity contribution in [3.63, 3.8) is 0 Å². The lowest BCUT2D eigenvalue weighted by molar-refractivity contribution is 0.0983. The number of likely N-dealkylation sites (N-methyl/N-ethyl adjacent to an activating group) is 1. The maximum Gasteiger partial charge on any atom is 0.260 e. The molecule has 1 aliphatic heterocycles. The van der Waals surface area contributed by atoms with Gasteiger partial charge in [0, 0.05) is 30.8 Å². The second-order valence-electron chi connectivity index (χ2n) is 7.18. The van der Waals surface area contributed by atoms with Gasteiger partial charge < -0.3 is 19.1 Å². The minimum atomic E-state index is -0.0950. The lowest BCUT2D eigenvalue weighted by atomic mass is 10.2. The predicted octanol–water partition coefficient (Wildman–Crippen LogP) is 4.49. The molecule has 0 saturated heterocycles. The third-order valence-electron chi connectivity index (χ3n) is 5.37. The summed E-state index contributed by atoms with van der Waals surface area (Å²) in [5, 5.41) is 0.664. The Kier molecular flexibility index (Phi) is 8.17. The molecule has 0 spiro atoms. The first-order valence-corrected chi connectivity index (χ1v) is 11.3. The molecule has 2 aromatic carbocycles. The fourth-order valence-corrected chi connectivity index (χ4v) is 4.55. The van der Waals surface area contributed by atoms with E-state index in [1.807, 2.05) is 30.3 Å². The molecule has 32 heavy (non-hydrogen) atoms. The summed E-state index contributed by atoms with van der Waals surface area (Å²) in [4.78, 5) is 22.3. The molecule has 0 bridgehead atoms. The van der Waals surface area contributed by atoms with Crippen molar-refractivity contribution in [2.24, 2.45) is 0 Å². The molecule has 7 nitrogen and oxygen atoms in total. The molecule has 1 aliphatic rings. The van der Waals surface area contributed by atoms with E-state index in [2.05, 4.69) is 18.7 Å². The van der Waals surface area contributed by atoms with Crippen LogP contribution in [0.15, 0.2) is 36.4 Å². The molecular formula is C23H28ClN3O4S. The molecule has 0 fully saturated rings. The number of hydrogen-bond donors (Lipinski definition) is 0. The fraction of sp³-hybridized carbons (Fsp3) is 0.391. The van der Waals surface area contributed by atoms with Gasteiger partial charge in [0.2, 0.25) is 0 Å². The van der Waals surface area contributed by atoms with Gasteiger partial charge in [0.15, 0.2) is 16.6 Å². The zero-order valence-corrected chi connectivity index (χ0v) is 20.1. The molecule has 0 N–H and O–H groups in total. The molecule has 172 valence electrons. The van der Waals surface area contributed by atoms with Crippen LogP contribution >= 0.6 is 23.7 Å². The number of nitrogens with zero attached hydrogens (tertiary/aromatic N) is 3. The van der Waals surface area contributed by atoms with Crippen LogP contribution in [0.2, 0.25) is 0 Å². The van der Waals surface area contributed by atoms with E-state index in [1.165, 1.54) is 11.3 Å². The number of anilines is 1. The molecule has 0 aliphatic carbocycles. The number of carbonyl (C=O) groups is 1. The van der Waals surface area contributed by atoms with Gasteiger partial charge in [-0.15, -0.1) is 12.4 Å². The molecule has 0 saturated carbocycles. The van der Waals surface area contributed by atoms with E-state index in [0.29, 0.717) is 42.0 Å². The number of carbonyl (C=O) groups excluding carboxylic acids is 1. The van der Waals surface area contributed by atoms with Crippen LogP contribution in [0.3, 0.4) is 0 Å². The van der Waals surface area contributed by atoms with Crippen LogP contribution in [0.1, 0.15) is 24.2 Å². The Morgan fingerprint density at radius 1 is 1.09 bits per heavy atom. The summed E-state index contributed by atoms with van der Waals surface area (Å²) < 4.78 is 17.7. The Morgan fingerprint density at radius 3 is 2.50 bits per heavy atom. The van der Waals surface area contributed by atoms with Crippen LogP contribution in [-0.4, -0.2) is 62.3 Å². The lowest BCUT2D eigenvalue weighted by Crippen LogP contribution is -2.38. The van der Waals surface area contributed by atoms with E-state index in [0.717, 1.165) is 35.6 Å². The number of amides is 1. The normalized spacial score (nSPS) is 12.5. The van der Waals surface area contributed by atoms with Crippen molar-refractivity contribution in [3.05, 3.63) is 42.0 Å². The second kappa shape index (κ2) is 10.8. The number of hydrogen-bond acceptors (Lipinski definition) is 7. The standard InChI is InChI=1S/C23H27N3O4S.ClH/c1-4-25(5-2)9-10-26(22(27)16-7-6-8-17(13-16)28-3)23-24-18-14-19-20(15-21(18)31-23)30-12-11-29-19;/h6-8,13-15H,4-5,9-12H2,1-3H3;1H. The van der Waals surface area contributed by atoms with E-state index in [9.17, 15) is 4.79 Å². The van der Waals surface area contributed by atoms with Gasteiger partial charge in [-0.1, -0.05) is 31.3 Å². The summed E-state index contributed by atoms with van der Waals surface area (Å²) in [6.45, 7) is 8.48. The van der Waals surface area contributed by atoms with Gasteiger partial charge in [-0.3, -0.25) is 9.69 Å². The minimum absolute atomic E-state index is 0. The first-order chi connectivity index (χ1) is 15.1. The summed E-state index contributed by atoms with van der Waals surface area (Å²) in [5.41, 5.74) is 1.37. The monoisotopic (exact) mass is 477 g/mol. The van der Waals surface area contributed by atoms with Gasteiger partial charge in [-0.05, 0) is 31.3 Å². The number of benzene rings is 2. The zero-order chi connectivity index (χ0) is 21.8. The number of halogens is 1. The Bertz CT molecular complexity index is 1030. The Morgan fingerprint density at radius 2 is 1.81 bits per heavy atom. The predicted molar refractivity (Wildman–Crippen MR) is 130 cm³/mol. The van der Waals surface area contributed by atoms with Crippen molar-refractivity contribution in [1.82, 2.24) is 9.88 Å². The zero-order valence-electron chi connectivity index (χ0n) is 18.5. The summed E-state index contributed by atoms with van der Waals surface area (Å²) in [6, 6.07) is 11.1. The van der Waals surface area contributed by atoms with E-state index in [1.54, 1.807) is 18.1 Å². The Hall–Kier alpha value is -2.55. The number of methoxy groups -OCH3 is 1. The minimum Gasteiger partial charge on any atom is -0.497 e. The molecule has 4 rings (SSSR count).